The maximum Gasteiger partial charge on any atom is 0.255 e. The molecule has 1 aliphatic rings. The molecule has 1 aliphatic heterocycles. The molecule has 33 heavy (non-hydrogen) atoms. The summed E-state index contributed by atoms with van der Waals surface area (Å²) in [5.41, 5.74) is 3.36. The van der Waals surface area contributed by atoms with E-state index in [-0.39, 0.29) is 18.3 Å². The quantitative estimate of drug-likeness (QED) is 0.393. The first-order valence-corrected chi connectivity index (χ1v) is 10.2. The van der Waals surface area contributed by atoms with Gasteiger partial charge in [0.05, 0.1) is 42.1 Å². The van der Waals surface area contributed by atoms with Gasteiger partial charge in [0.25, 0.3) is 5.91 Å². The Labute approximate surface area is 188 Å². The fourth-order valence-corrected chi connectivity index (χ4v) is 3.82. The molecule has 4 heterocycles. The number of aromatic amines is 1. The second kappa shape index (κ2) is 8.65. The minimum atomic E-state index is -0.517. The third kappa shape index (κ3) is 3.86. The summed E-state index contributed by atoms with van der Waals surface area (Å²) in [4.78, 5) is 24.4. The molecule has 0 spiro atoms. The van der Waals surface area contributed by atoms with E-state index in [2.05, 4.69) is 25.6 Å². The van der Waals surface area contributed by atoms with Crippen molar-refractivity contribution in [3.8, 4) is 22.8 Å². The van der Waals surface area contributed by atoms with Gasteiger partial charge in [-0.3, -0.25) is 9.78 Å². The van der Waals surface area contributed by atoms with Crippen LogP contribution in [0.15, 0.2) is 53.5 Å². The molecule has 5 rings (SSSR count). The Kier molecular flexibility index (Phi) is 5.39. The third-order valence-electron chi connectivity index (χ3n) is 5.28. The molecule has 9 nitrogen and oxygen atoms in total. The first kappa shape index (κ1) is 20.6. The van der Waals surface area contributed by atoms with Crippen LogP contribution in [-0.2, 0) is 13.0 Å². The van der Waals surface area contributed by atoms with Crippen molar-refractivity contribution in [3.63, 3.8) is 0 Å². The van der Waals surface area contributed by atoms with Crippen molar-refractivity contribution < 1.29 is 23.1 Å². The van der Waals surface area contributed by atoms with E-state index in [0.717, 1.165) is 5.69 Å². The first-order valence-electron chi connectivity index (χ1n) is 10.2. The predicted octanol–water partition coefficient (Wildman–Crippen LogP) is 3.82. The lowest BCUT2D eigenvalue weighted by Crippen LogP contribution is -2.31. The van der Waals surface area contributed by atoms with Crippen LogP contribution in [0.4, 0.5) is 15.8 Å². The number of anilines is 2. The van der Waals surface area contributed by atoms with Crippen molar-refractivity contribution in [2.75, 3.05) is 19.0 Å². The number of carbonyl (C=O) groups excluding carboxylic acids is 1. The van der Waals surface area contributed by atoms with Gasteiger partial charge < -0.3 is 29.5 Å². The second-order valence-corrected chi connectivity index (χ2v) is 7.27. The Balaban J connectivity index is 1.61. The van der Waals surface area contributed by atoms with Crippen LogP contribution in [0.3, 0.4) is 0 Å². The molecule has 0 aliphatic carbocycles. The van der Waals surface area contributed by atoms with Crippen LogP contribution in [0.25, 0.3) is 11.3 Å². The Morgan fingerprint density at radius 3 is 3.00 bits per heavy atom. The number of nitrogens with one attached hydrogen (secondary N) is 3. The van der Waals surface area contributed by atoms with Crippen molar-refractivity contribution in [2.45, 2.75) is 13.0 Å². The zero-order valence-electron chi connectivity index (χ0n) is 17.6. The van der Waals surface area contributed by atoms with Crippen molar-refractivity contribution in [3.05, 3.63) is 72.1 Å². The molecule has 0 unspecified atom stereocenters. The Morgan fingerprint density at radius 1 is 1.27 bits per heavy atom. The molecule has 4 aromatic rings. The number of ether oxygens (including phenoxy) is 2. The van der Waals surface area contributed by atoms with E-state index in [1.165, 1.54) is 25.6 Å². The number of methoxy groups -OCH3 is 1. The largest absolute Gasteiger partial charge is 0.492 e. The standard InChI is InChI=1S/C23H20FN5O4/c1-31-22-14(24)3-2-4-16(22)29-21-19-15(6-8-27-23(19)30)28-20(21)13-5-7-25-11-17(13)33-12-18-26-9-10-32-18/h2-5,7,9-11,28-29H,6,8,12H2,1H3,(H,27,30). The number of para-hydroxylation sites is 1. The van der Waals surface area contributed by atoms with Crippen LogP contribution in [0.2, 0.25) is 0 Å². The number of aromatic nitrogens is 3. The van der Waals surface area contributed by atoms with Crippen molar-refractivity contribution >= 4 is 17.3 Å². The van der Waals surface area contributed by atoms with Crippen LogP contribution in [-0.4, -0.2) is 34.5 Å². The van der Waals surface area contributed by atoms with Crippen LogP contribution in [0.5, 0.6) is 11.5 Å². The molecular weight excluding hydrogens is 429 g/mol. The van der Waals surface area contributed by atoms with Gasteiger partial charge in [0, 0.05) is 30.4 Å². The molecule has 0 radical (unpaired) electrons. The van der Waals surface area contributed by atoms with Gasteiger partial charge in [0.1, 0.15) is 12.0 Å². The monoisotopic (exact) mass is 449 g/mol. The average Bonchev–Trinajstić information content (AvgIpc) is 3.47. The molecule has 1 amide bonds. The molecule has 0 fully saturated rings. The Morgan fingerprint density at radius 2 is 2.18 bits per heavy atom. The van der Waals surface area contributed by atoms with Crippen LogP contribution in [0.1, 0.15) is 21.9 Å². The van der Waals surface area contributed by atoms with Crippen LogP contribution in [0, 0.1) is 5.82 Å². The average molecular weight is 449 g/mol. The zero-order valence-corrected chi connectivity index (χ0v) is 17.6. The lowest BCUT2D eigenvalue weighted by atomic mass is 10.0. The summed E-state index contributed by atoms with van der Waals surface area (Å²) in [6.45, 7) is 0.617. The molecule has 1 aromatic carbocycles. The first-order chi connectivity index (χ1) is 16.2. The lowest BCUT2D eigenvalue weighted by molar-refractivity contribution is 0.0947. The number of benzene rings is 1. The molecule has 3 N–H and O–H groups in total. The number of rotatable bonds is 7. The molecule has 168 valence electrons. The van der Waals surface area contributed by atoms with Gasteiger partial charge in [-0.15, -0.1) is 0 Å². The molecular formula is C23H20FN5O4. The maximum absolute atomic E-state index is 14.3. The number of halogens is 1. The fourth-order valence-electron chi connectivity index (χ4n) is 3.82. The smallest absolute Gasteiger partial charge is 0.255 e. The summed E-state index contributed by atoms with van der Waals surface area (Å²) in [5.74, 6) is 0.177. The number of oxazole rings is 1. The summed E-state index contributed by atoms with van der Waals surface area (Å²) < 4.78 is 30.7. The van der Waals surface area contributed by atoms with Gasteiger partial charge >= 0.3 is 0 Å². The number of fused-ring (bicyclic) bond motifs is 1. The maximum atomic E-state index is 14.3. The van der Waals surface area contributed by atoms with E-state index in [1.54, 1.807) is 30.6 Å². The Bertz CT molecular complexity index is 1300. The highest BCUT2D eigenvalue weighted by Crippen LogP contribution is 2.42. The SMILES string of the molecule is COc1c(F)cccc1Nc1c(-c2ccncc2OCc2ncco2)[nH]c2c1C(=O)NCC2. The van der Waals surface area contributed by atoms with E-state index >= 15 is 0 Å². The van der Waals surface area contributed by atoms with Gasteiger partial charge in [-0.25, -0.2) is 9.37 Å². The fraction of sp³-hybridized carbons (Fsp3) is 0.174. The van der Waals surface area contributed by atoms with E-state index < -0.39 is 5.82 Å². The van der Waals surface area contributed by atoms with E-state index in [0.29, 0.717) is 52.8 Å². The van der Waals surface area contributed by atoms with Crippen molar-refractivity contribution in [1.29, 1.82) is 0 Å². The summed E-state index contributed by atoms with van der Waals surface area (Å²) in [7, 11) is 1.39. The summed E-state index contributed by atoms with van der Waals surface area (Å²) >= 11 is 0. The van der Waals surface area contributed by atoms with E-state index in [4.69, 9.17) is 13.9 Å². The highest BCUT2D eigenvalue weighted by Gasteiger charge is 2.29. The molecule has 3 aromatic heterocycles. The molecule has 0 saturated heterocycles. The topological polar surface area (TPSA) is 114 Å². The second-order valence-electron chi connectivity index (χ2n) is 7.27. The number of hydrogen-bond acceptors (Lipinski definition) is 7. The minimum absolute atomic E-state index is 0.0460. The van der Waals surface area contributed by atoms with Crippen molar-refractivity contribution in [2.24, 2.45) is 0 Å². The molecule has 10 heteroatoms. The Hall–Kier alpha value is -4.34. The van der Waals surface area contributed by atoms with Gasteiger partial charge in [0.2, 0.25) is 5.89 Å². The van der Waals surface area contributed by atoms with Gasteiger partial charge in [0.15, 0.2) is 18.2 Å². The van der Waals surface area contributed by atoms with Gasteiger partial charge in [-0.05, 0) is 18.2 Å². The number of hydrogen-bond donors (Lipinski definition) is 3. The van der Waals surface area contributed by atoms with Crippen LogP contribution >= 0.6 is 0 Å². The molecule has 0 atom stereocenters. The number of nitrogens with zero attached hydrogens (tertiary/aromatic N) is 2. The number of H-pyrrole nitrogens is 1. The van der Waals surface area contributed by atoms with Crippen molar-refractivity contribution in [1.82, 2.24) is 20.3 Å². The number of amides is 1. The summed E-state index contributed by atoms with van der Waals surface area (Å²) in [5, 5.41) is 6.06. The predicted molar refractivity (Wildman–Crippen MR) is 117 cm³/mol. The highest BCUT2D eigenvalue weighted by molar-refractivity contribution is 6.06. The van der Waals surface area contributed by atoms with Crippen LogP contribution < -0.4 is 20.1 Å². The molecule has 0 bridgehead atoms. The molecule has 0 saturated carbocycles. The summed E-state index contributed by atoms with van der Waals surface area (Å²) in [6.07, 6.45) is 6.82. The normalized spacial score (nSPS) is 12.7. The van der Waals surface area contributed by atoms with E-state index in [9.17, 15) is 9.18 Å². The van der Waals surface area contributed by atoms with Gasteiger partial charge in [-0.2, -0.15) is 0 Å². The highest BCUT2D eigenvalue weighted by atomic mass is 19.1. The number of pyridine rings is 1. The minimum Gasteiger partial charge on any atom is -0.492 e. The summed E-state index contributed by atoms with van der Waals surface area (Å²) in [6, 6.07) is 6.32. The zero-order chi connectivity index (χ0) is 22.8. The van der Waals surface area contributed by atoms with E-state index in [1.807, 2.05) is 0 Å². The lowest BCUT2D eigenvalue weighted by Gasteiger charge is -2.17. The van der Waals surface area contributed by atoms with Gasteiger partial charge in [-0.1, -0.05) is 6.07 Å². The number of carbonyl (C=O) groups is 1. The third-order valence-corrected chi connectivity index (χ3v) is 5.28.